The lowest BCUT2D eigenvalue weighted by Gasteiger charge is -1.97. The van der Waals surface area contributed by atoms with E-state index in [-0.39, 0.29) is 5.97 Å². The summed E-state index contributed by atoms with van der Waals surface area (Å²) in [5.74, 6) is -0.286. The van der Waals surface area contributed by atoms with E-state index in [1.54, 1.807) is 6.07 Å². The highest BCUT2D eigenvalue weighted by atomic mass is 79.9. The second kappa shape index (κ2) is 4.80. The van der Waals surface area contributed by atoms with Crippen molar-refractivity contribution in [2.45, 2.75) is 0 Å². The molecule has 0 saturated heterocycles. The molecule has 0 spiro atoms. The minimum Gasteiger partial charge on any atom is -0.465 e. The average molecular weight is 297 g/mol. The Hall–Kier alpha value is -1.13. The van der Waals surface area contributed by atoms with Crippen LogP contribution >= 0.6 is 27.3 Å². The number of ether oxygens (including phenoxy) is 1. The number of esters is 1. The zero-order valence-corrected chi connectivity index (χ0v) is 11.0. The van der Waals surface area contributed by atoms with Gasteiger partial charge in [-0.2, -0.15) is 0 Å². The molecule has 4 heteroatoms. The molecule has 0 amide bonds. The van der Waals surface area contributed by atoms with Crippen molar-refractivity contribution in [2.24, 2.45) is 0 Å². The molecule has 0 bridgehead atoms. The molecule has 0 fully saturated rings. The lowest BCUT2D eigenvalue weighted by molar-refractivity contribution is 0.0606. The lowest BCUT2D eigenvalue weighted by Crippen LogP contribution is -1.96. The molecular weight excluding hydrogens is 288 g/mol. The fraction of sp³-hybridized carbons (Fsp3) is 0.0833. The van der Waals surface area contributed by atoms with Gasteiger partial charge >= 0.3 is 5.97 Å². The van der Waals surface area contributed by atoms with Gasteiger partial charge in [-0.25, -0.2) is 4.79 Å². The smallest absolute Gasteiger partial charge is 0.348 e. The molecule has 2 rings (SSSR count). The Morgan fingerprint density at radius 3 is 2.81 bits per heavy atom. The van der Waals surface area contributed by atoms with Crippen LogP contribution in [-0.2, 0) is 4.74 Å². The highest BCUT2D eigenvalue weighted by Crippen LogP contribution is 2.30. The molecule has 1 aromatic carbocycles. The number of hydrogen-bond donors (Lipinski definition) is 0. The summed E-state index contributed by atoms with van der Waals surface area (Å²) in [5, 5.41) is 0. The van der Waals surface area contributed by atoms with Gasteiger partial charge in [-0.1, -0.05) is 28.1 Å². The summed E-state index contributed by atoms with van der Waals surface area (Å²) in [6.45, 7) is 0. The summed E-state index contributed by atoms with van der Waals surface area (Å²) < 4.78 is 5.70. The fourth-order valence-electron chi connectivity index (χ4n) is 1.35. The van der Waals surface area contributed by atoms with Crippen molar-refractivity contribution in [3.8, 4) is 10.4 Å². The Morgan fingerprint density at radius 2 is 2.12 bits per heavy atom. The SMILES string of the molecule is COC(=O)c1ccc(-c2cccc(Br)c2)s1. The van der Waals surface area contributed by atoms with Crippen LogP contribution in [0.5, 0.6) is 0 Å². The van der Waals surface area contributed by atoms with E-state index in [9.17, 15) is 4.79 Å². The van der Waals surface area contributed by atoms with E-state index >= 15 is 0 Å². The fourth-order valence-corrected chi connectivity index (χ4v) is 2.66. The van der Waals surface area contributed by atoms with Gasteiger partial charge in [-0.15, -0.1) is 11.3 Å². The van der Waals surface area contributed by atoms with Crippen molar-refractivity contribution in [1.29, 1.82) is 0 Å². The van der Waals surface area contributed by atoms with E-state index < -0.39 is 0 Å². The molecule has 16 heavy (non-hydrogen) atoms. The first-order chi connectivity index (χ1) is 7.70. The Balaban J connectivity index is 2.35. The van der Waals surface area contributed by atoms with Gasteiger partial charge in [0.2, 0.25) is 0 Å². The molecule has 0 saturated carbocycles. The summed E-state index contributed by atoms with van der Waals surface area (Å²) in [7, 11) is 1.39. The van der Waals surface area contributed by atoms with Crippen molar-refractivity contribution < 1.29 is 9.53 Å². The molecule has 0 unspecified atom stereocenters. The van der Waals surface area contributed by atoms with Crippen molar-refractivity contribution >= 4 is 33.2 Å². The predicted molar refractivity (Wildman–Crippen MR) is 68.8 cm³/mol. The van der Waals surface area contributed by atoms with E-state index in [2.05, 4.69) is 20.7 Å². The summed E-state index contributed by atoms with van der Waals surface area (Å²) in [6, 6.07) is 11.7. The quantitative estimate of drug-likeness (QED) is 0.784. The van der Waals surface area contributed by atoms with E-state index in [0.717, 1.165) is 14.9 Å². The summed E-state index contributed by atoms with van der Waals surface area (Å²) in [4.78, 5) is 13.0. The number of halogens is 1. The monoisotopic (exact) mass is 296 g/mol. The molecule has 2 nitrogen and oxygen atoms in total. The van der Waals surface area contributed by atoms with Crippen LogP contribution in [-0.4, -0.2) is 13.1 Å². The number of carbonyl (C=O) groups excluding carboxylic acids is 1. The number of rotatable bonds is 2. The molecule has 0 radical (unpaired) electrons. The molecule has 2 aromatic rings. The highest BCUT2D eigenvalue weighted by Gasteiger charge is 2.09. The first kappa shape index (κ1) is 11.4. The minimum absolute atomic E-state index is 0.286. The van der Waals surface area contributed by atoms with E-state index in [4.69, 9.17) is 0 Å². The van der Waals surface area contributed by atoms with Crippen molar-refractivity contribution in [3.05, 3.63) is 45.7 Å². The molecule has 0 N–H and O–H groups in total. The van der Waals surface area contributed by atoms with E-state index in [0.29, 0.717) is 4.88 Å². The second-order valence-corrected chi connectivity index (χ2v) is 5.17. The zero-order valence-electron chi connectivity index (χ0n) is 8.57. The molecule has 1 aromatic heterocycles. The van der Waals surface area contributed by atoms with Gasteiger partial charge in [0.05, 0.1) is 7.11 Å². The van der Waals surface area contributed by atoms with Gasteiger partial charge in [-0.05, 0) is 29.8 Å². The maximum atomic E-state index is 11.3. The number of hydrogen-bond acceptors (Lipinski definition) is 3. The number of carbonyl (C=O) groups is 1. The predicted octanol–water partition coefficient (Wildman–Crippen LogP) is 3.96. The van der Waals surface area contributed by atoms with Gasteiger partial charge in [-0.3, -0.25) is 0 Å². The molecule has 82 valence electrons. The van der Waals surface area contributed by atoms with E-state index in [1.165, 1.54) is 18.4 Å². The number of thiophene rings is 1. The average Bonchev–Trinajstić information content (AvgIpc) is 2.77. The first-order valence-corrected chi connectivity index (χ1v) is 6.26. The van der Waals surface area contributed by atoms with Crippen molar-refractivity contribution in [1.82, 2.24) is 0 Å². The largest absolute Gasteiger partial charge is 0.465 e. The van der Waals surface area contributed by atoms with Crippen molar-refractivity contribution in [2.75, 3.05) is 7.11 Å². The van der Waals surface area contributed by atoms with Gasteiger partial charge in [0, 0.05) is 9.35 Å². The zero-order chi connectivity index (χ0) is 11.5. The second-order valence-electron chi connectivity index (χ2n) is 3.17. The van der Waals surface area contributed by atoms with Crippen molar-refractivity contribution in [3.63, 3.8) is 0 Å². The summed E-state index contributed by atoms with van der Waals surface area (Å²) in [6.07, 6.45) is 0. The Kier molecular flexibility index (Phi) is 3.41. The van der Waals surface area contributed by atoms with Crippen LogP contribution in [0.1, 0.15) is 9.67 Å². The number of methoxy groups -OCH3 is 1. The Bertz CT molecular complexity index is 519. The molecular formula is C12H9BrO2S. The van der Waals surface area contributed by atoms with Crippen LogP contribution in [0.3, 0.4) is 0 Å². The van der Waals surface area contributed by atoms with Gasteiger partial charge in [0.25, 0.3) is 0 Å². The number of benzene rings is 1. The molecule has 0 aliphatic carbocycles. The van der Waals surface area contributed by atoms with Gasteiger partial charge < -0.3 is 4.74 Å². The van der Waals surface area contributed by atoms with Gasteiger partial charge in [0.15, 0.2) is 0 Å². The molecule has 0 atom stereocenters. The lowest BCUT2D eigenvalue weighted by atomic mass is 10.2. The molecule has 1 heterocycles. The third-order valence-corrected chi connectivity index (χ3v) is 3.71. The molecule has 0 aliphatic rings. The van der Waals surface area contributed by atoms with Crippen LogP contribution in [0.25, 0.3) is 10.4 Å². The third kappa shape index (κ3) is 2.33. The van der Waals surface area contributed by atoms with E-state index in [1.807, 2.05) is 30.3 Å². The van der Waals surface area contributed by atoms with Gasteiger partial charge in [0.1, 0.15) is 4.88 Å². The van der Waals surface area contributed by atoms with Crippen LogP contribution in [0.4, 0.5) is 0 Å². The first-order valence-electron chi connectivity index (χ1n) is 4.65. The van der Waals surface area contributed by atoms with Crippen LogP contribution < -0.4 is 0 Å². The topological polar surface area (TPSA) is 26.3 Å². The normalized spacial score (nSPS) is 10.1. The summed E-state index contributed by atoms with van der Waals surface area (Å²) >= 11 is 4.85. The summed E-state index contributed by atoms with van der Waals surface area (Å²) in [5.41, 5.74) is 1.09. The Morgan fingerprint density at radius 1 is 1.31 bits per heavy atom. The van der Waals surface area contributed by atoms with Crippen LogP contribution in [0.15, 0.2) is 40.9 Å². The minimum atomic E-state index is -0.286. The maximum absolute atomic E-state index is 11.3. The maximum Gasteiger partial charge on any atom is 0.348 e. The van der Waals surface area contributed by atoms with Crippen LogP contribution in [0, 0.1) is 0 Å². The highest BCUT2D eigenvalue weighted by molar-refractivity contribution is 9.10. The molecule has 0 aliphatic heterocycles. The Labute approximate surface area is 106 Å². The third-order valence-electron chi connectivity index (χ3n) is 2.10. The standard InChI is InChI=1S/C12H9BrO2S/c1-15-12(14)11-6-5-10(16-11)8-3-2-4-9(13)7-8/h2-7H,1H3. The van der Waals surface area contributed by atoms with Crippen LogP contribution in [0.2, 0.25) is 0 Å².